The van der Waals surface area contributed by atoms with Gasteiger partial charge in [-0.15, -0.1) is 0 Å². The third-order valence-electron chi connectivity index (χ3n) is 3.48. The highest BCUT2D eigenvalue weighted by molar-refractivity contribution is 5.28. The number of aliphatic hydroxyl groups is 1. The zero-order valence-electron chi connectivity index (χ0n) is 12.4. The summed E-state index contributed by atoms with van der Waals surface area (Å²) in [5.41, 5.74) is 8.48. The van der Waals surface area contributed by atoms with Crippen LogP contribution in [-0.4, -0.2) is 30.8 Å². The standard InChI is InChI=1S/C16H28N2O/c1-4-5-13-6-8-14(9-7-13)16(2,3)12-18-10-15(17)11-19/h6-9,15,18-19H,4-5,10-12,17H2,1-3H3. The van der Waals surface area contributed by atoms with Crippen LogP contribution in [0.4, 0.5) is 0 Å². The number of nitrogens with two attached hydrogens (primary N) is 1. The molecule has 0 fully saturated rings. The zero-order valence-corrected chi connectivity index (χ0v) is 12.4. The Morgan fingerprint density at radius 2 is 1.89 bits per heavy atom. The van der Waals surface area contributed by atoms with Gasteiger partial charge in [0.15, 0.2) is 0 Å². The van der Waals surface area contributed by atoms with Gasteiger partial charge in [0.1, 0.15) is 0 Å². The number of hydrogen-bond acceptors (Lipinski definition) is 3. The maximum absolute atomic E-state index is 8.90. The van der Waals surface area contributed by atoms with Crippen LogP contribution in [0.2, 0.25) is 0 Å². The van der Waals surface area contributed by atoms with E-state index in [0.717, 1.165) is 13.0 Å². The molecule has 3 nitrogen and oxygen atoms in total. The van der Waals surface area contributed by atoms with Crippen molar-refractivity contribution in [1.82, 2.24) is 5.32 Å². The van der Waals surface area contributed by atoms with Crippen molar-refractivity contribution in [1.29, 1.82) is 0 Å². The maximum Gasteiger partial charge on any atom is 0.0594 e. The van der Waals surface area contributed by atoms with Gasteiger partial charge in [0.25, 0.3) is 0 Å². The molecule has 19 heavy (non-hydrogen) atoms. The Bertz CT molecular complexity index is 360. The predicted octanol–water partition coefficient (Wildman–Crippen LogP) is 1.83. The molecule has 0 aromatic heterocycles. The van der Waals surface area contributed by atoms with Crippen LogP contribution in [0.1, 0.15) is 38.3 Å². The normalized spacial score (nSPS) is 13.5. The second-order valence-electron chi connectivity index (χ2n) is 5.90. The minimum Gasteiger partial charge on any atom is -0.395 e. The Hall–Kier alpha value is -0.900. The van der Waals surface area contributed by atoms with Crippen molar-refractivity contribution in [3.8, 4) is 0 Å². The smallest absolute Gasteiger partial charge is 0.0594 e. The molecule has 1 unspecified atom stereocenters. The summed E-state index contributed by atoms with van der Waals surface area (Å²) in [6, 6.07) is 8.71. The third kappa shape index (κ3) is 5.31. The third-order valence-corrected chi connectivity index (χ3v) is 3.48. The number of aliphatic hydroxyl groups excluding tert-OH is 1. The van der Waals surface area contributed by atoms with Crippen LogP contribution < -0.4 is 11.1 Å². The van der Waals surface area contributed by atoms with Crippen LogP contribution in [-0.2, 0) is 11.8 Å². The molecule has 0 aliphatic carbocycles. The Kier molecular flexibility index (Phi) is 6.49. The number of rotatable bonds is 8. The molecule has 0 aliphatic rings. The molecule has 3 heteroatoms. The first-order chi connectivity index (χ1) is 8.99. The van der Waals surface area contributed by atoms with Crippen molar-refractivity contribution >= 4 is 0 Å². The molecule has 1 aromatic rings. The highest BCUT2D eigenvalue weighted by atomic mass is 16.3. The van der Waals surface area contributed by atoms with E-state index in [9.17, 15) is 0 Å². The van der Waals surface area contributed by atoms with E-state index in [1.807, 2.05) is 0 Å². The molecule has 4 N–H and O–H groups in total. The van der Waals surface area contributed by atoms with E-state index in [1.54, 1.807) is 0 Å². The van der Waals surface area contributed by atoms with Gasteiger partial charge in [0, 0.05) is 24.5 Å². The van der Waals surface area contributed by atoms with Gasteiger partial charge in [-0.25, -0.2) is 0 Å². The highest BCUT2D eigenvalue weighted by Gasteiger charge is 2.20. The van der Waals surface area contributed by atoms with Gasteiger partial charge in [-0.05, 0) is 17.5 Å². The summed E-state index contributed by atoms with van der Waals surface area (Å²) in [5, 5.41) is 12.2. The van der Waals surface area contributed by atoms with Crippen molar-refractivity contribution in [2.24, 2.45) is 5.73 Å². The molecule has 0 saturated carbocycles. The average molecular weight is 264 g/mol. The fraction of sp³-hybridized carbons (Fsp3) is 0.625. The van der Waals surface area contributed by atoms with Gasteiger partial charge in [0.2, 0.25) is 0 Å². The van der Waals surface area contributed by atoms with Gasteiger partial charge in [-0.3, -0.25) is 0 Å². The largest absolute Gasteiger partial charge is 0.395 e. The molecule has 0 aliphatic heterocycles. The predicted molar refractivity (Wildman–Crippen MR) is 81.4 cm³/mol. The molecular formula is C16H28N2O. The molecule has 1 aromatic carbocycles. The number of aryl methyl sites for hydroxylation is 1. The molecule has 0 heterocycles. The lowest BCUT2D eigenvalue weighted by Crippen LogP contribution is -2.41. The molecule has 0 spiro atoms. The van der Waals surface area contributed by atoms with Crippen LogP contribution in [0.25, 0.3) is 0 Å². The van der Waals surface area contributed by atoms with Crippen LogP contribution in [0.15, 0.2) is 24.3 Å². The molecule has 0 amide bonds. The van der Waals surface area contributed by atoms with E-state index in [1.165, 1.54) is 17.5 Å². The lowest BCUT2D eigenvalue weighted by Gasteiger charge is -2.26. The summed E-state index contributed by atoms with van der Waals surface area (Å²) in [6.45, 7) is 8.17. The van der Waals surface area contributed by atoms with Gasteiger partial charge >= 0.3 is 0 Å². The zero-order chi connectivity index (χ0) is 14.3. The molecule has 1 atom stereocenters. The summed E-state index contributed by atoms with van der Waals surface area (Å²) < 4.78 is 0. The molecule has 108 valence electrons. The molecule has 0 saturated heterocycles. The van der Waals surface area contributed by atoms with E-state index in [4.69, 9.17) is 10.8 Å². The van der Waals surface area contributed by atoms with Crippen LogP contribution >= 0.6 is 0 Å². The highest BCUT2D eigenvalue weighted by Crippen LogP contribution is 2.22. The minimum absolute atomic E-state index is 0.0269. The Balaban J connectivity index is 2.55. The first-order valence-corrected chi connectivity index (χ1v) is 7.16. The Labute approximate surface area is 117 Å². The fourth-order valence-electron chi connectivity index (χ4n) is 2.15. The van der Waals surface area contributed by atoms with E-state index in [0.29, 0.717) is 6.54 Å². The van der Waals surface area contributed by atoms with Crippen molar-refractivity contribution in [2.75, 3.05) is 19.7 Å². The lowest BCUT2D eigenvalue weighted by atomic mass is 9.84. The summed E-state index contributed by atoms with van der Waals surface area (Å²) in [5.74, 6) is 0. The van der Waals surface area contributed by atoms with Gasteiger partial charge in [-0.1, -0.05) is 51.5 Å². The van der Waals surface area contributed by atoms with Crippen molar-refractivity contribution in [3.63, 3.8) is 0 Å². The second-order valence-corrected chi connectivity index (χ2v) is 5.90. The minimum atomic E-state index is -0.178. The molecule has 1 rings (SSSR count). The summed E-state index contributed by atoms with van der Waals surface area (Å²) in [6.07, 6.45) is 2.33. The first-order valence-electron chi connectivity index (χ1n) is 7.16. The van der Waals surface area contributed by atoms with E-state index in [-0.39, 0.29) is 18.1 Å². The van der Waals surface area contributed by atoms with Crippen LogP contribution in [0.3, 0.4) is 0 Å². The van der Waals surface area contributed by atoms with E-state index >= 15 is 0 Å². The van der Waals surface area contributed by atoms with Crippen molar-refractivity contribution in [3.05, 3.63) is 35.4 Å². The van der Waals surface area contributed by atoms with Crippen molar-refractivity contribution < 1.29 is 5.11 Å². The van der Waals surface area contributed by atoms with Gasteiger partial charge in [-0.2, -0.15) is 0 Å². The molecular weight excluding hydrogens is 236 g/mol. The maximum atomic E-state index is 8.90. The van der Waals surface area contributed by atoms with E-state index < -0.39 is 0 Å². The van der Waals surface area contributed by atoms with Crippen LogP contribution in [0, 0.1) is 0 Å². The quantitative estimate of drug-likeness (QED) is 0.671. The van der Waals surface area contributed by atoms with E-state index in [2.05, 4.69) is 50.4 Å². The lowest BCUT2D eigenvalue weighted by molar-refractivity contribution is 0.260. The number of nitrogens with one attached hydrogen (secondary N) is 1. The summed E-state index contributed by atoms with van der Waals surface area (Å²) in [4.78, 5) is 0. The Morgan fingerprint density at radius 1 is 1.26 bits per heavy atom. The SMILES string of the molecule is CCCc1ccc(C(C)(C)CNCC(N)CO)cc1. The monoisotopic (exact) mass is 264 g/mol. The van der Waals surface area contributed by atoms with Crippen molar-refractivity contribution in [2.45, 2.75) is 45.1 Å². The summed E-state index contributed by atoms with van der Waals surface area (Å²) in [7, 11) is 0. The van der Waals surface area contributed by atoms with Gasteiger partial charge in [0.05, 0.1) is 6.61 Å². The van der Waals surface area contributed by atoms with Gasteiger partial charge < -0.3 is 16.2 Å². The Morgan fingerprint density at radius 3 is 2.42 bits per heavy atom. The topological polar surface area (TPSA) is 58.3 Å². The fourth-order valence-corrected chi connectivity index (χ4v) is 2.15. The average Bonchev–Trinajstić information content (AvgIpc) is 2.39. The molecule has 0 bridgehead atoms. The summed E-state index contributed by atoms with van der Waals surface area (Å²) >= 11 is 0. The second kappa shape index (κ2) is 7.63. The first kappa shape index (κ1) is 16.2. The number of hydrogen-bond donors (Lipinski definition) is 3. The molecule has 0 radical (unpaired) electrons. The number of benzene rings is 1. The van der Waals surface area contributed by atoms with Crippen LogP contribution in [0.5, 0.6) is 0 Å².